The molecular weight excluding hydrogens is 105 g/mol. The van der Waals surface area contributed by atoms with E-state index in [2.05, 4.69) is 0 Å². The maximum Gasteiger partial charge on any atom is 0.112 e. The summed E-state index contributed by atoms with van der Waals surface area (Å²) in [5.41, 5.74) is 1.61. The van der Waals surface area contributed by atoms with Gasteiger partial charge in [0.25, 0.3) is 0 Å². The molecular formula is C6H4B3. The number of rotatable bonds is 1. The average molecular weight is 109 g/mol. The first-order chi connectivity index (χ1) is 4.34. The Morgan fingerprint density at radius 1 is 1.22 bits per heavy atom. The van der Waals surface area contributed by atoms with Crippen molar-refractivity contribution in [3.63, 3.8) is 0 Å². The largest absolute Gasteiger partial charge is 0.112 e. The first kappa shape index (κ1) is 6.53. The summed E-state index contributed by atoms with van der Waals surface area (Å²) in [5.74, 6) is 0. The Kier molecular flexibility index (Phi) is 2.04. The minimum absolute atomic E-state index is 0.722. The SMILES string of the molecule is [B][B]c1ccccc1[B]. The van der Waals surface area contributed by atoms with Gasteiger partial charge < -0.3 is 0 Å². The molecule has 0 heterocycles. The van der Waals surface area contributed by atoms with Crippen molar-refractivity contribution in [2.24, 2.45) is 0 Å². The van der Waals surface area contributed by atoms with Crippen LogP contribution in [0.25, 0.3) is 0 Å². The van der Waals surface area contributed by atoms with Gasteiger partial charge in [-0.05, 0) is 0 Å². The molecule has 0 amide bonds. The van der Waals surface area contributed by atoms with Crippen molar-refractivity contribution < 1.29 is 0 Å². The molecule has 0 nitrogen and oxygen atoms in total. The lowest BCUT2D eigenvalue weighted by atomic mass is 9.49. The summed E-state index contributed by atoms with van der Waals surface area (Å²) in [6, 6.07) is 7.46. The second-order valence-electron chi connectivity index (χ2n) is 1.80. The topological polar surface area (TPSA) is 0 Å². The third-order valence-corrected chi connectivity index (χ3v) is 1.18. The molecule has 0 aliphatic heterocycles. The molecule has 0 fully saturated rings. The highest BCUT2D eigenvalue weighted by Crippen LogP contribution is 1.75. The summed E-state index contributed by atoms with van der Waals surface area (Å²) in [6.07, 6.45) is 0. The lowest BCUT2D eigenvalue weighted by molar-refractivity contribution is 1.83. The van der Waals surface area contributed by atoms with Crippen LogP contribution in [0.5, 0.6) is 0 Å². The average Bonchev–Trinajstić information content (AvgIpc) is 1.89. The van der Waals surface area contributed by atoms with E-state index in [9.17, 15) is 0 Å². The van der Waals surface area contributed by atoms with E-state index in [1.54, 1.807) is 0 Å². The van der Waals surface area contributed by atoms with Crippen molar-refractivity contribution >= 4 is 33.7 Å². The highest BCUT2D eigenvalue weighted by Gasteiger charge is 1.89. The molecule has 0 N–H and O–H groups in total. The van der Waals surface area contributed by atoms with Crippen LogP contribution >= 0.6 is 0 Å². The molecule has 9 heavy (non-hydrogen) atoms. The van der Waals surface area contributed by atoms with Crippen LogP contribution in [0.2, 0.25) is 0 Å². The van der Waals surface area contributed by atoms with Crippen LogP contribution in [0.15, 0.2) is 24.3 Å². The van der Waals surface area contributed by atoms with E-state index in [4.69, 9.17) is 15.6 Å². The van der Waals surface area contributed by atoms with Crippen LogP contribution in [0.1, 0.15) is 0 Å². The zero-order chi connectivity index (χ0) is 6.69. The summed E-state index contributed by atoms with van der Waals surface area (Å²) in [4.78, 5) is 0. The molecule has 0 aliphatic rings. The lowest BCUT2D eigenvalue weighted by Gasteiger charge is -1.98. The van der Waals surface area contributed by atoms with Crippen molar-refractivity contribution in [2.75, 3.05) is 0 Å². The Morgan fingerprint density at radius 3 is 2.33 bits per heavy atom. The van der Waals surface area contributed by atoms with E-state index in [1.165, 1.54) is 7.17 Å². The predicted molar refractivity (Wildman–Crippen MR) is 43.0 cm³/mol. The first-order valence-electron chi connectivity index (χ1n) is 2.74. The molecule has 0 saturated carbocycles. The Balaban J connectivity index is 3.01. The third kappa shape index (κ3) is 1.41. The van der Waals surface area contributed by atoms with Crippen molar-refractivity contribution in [1.82, 2.24) is 0 Å². The number of hydrogen-bond acceptors (Lipinski definition) is 0. The molecule has 1 rings (SSSR count). The fourth-order valence-electron chi connectivity index (χ4n) is 0.663. The van der Waals surface area contributed by atoms with Gasteiger partial charge in [-0.25, -0.2) is 0 Å². The summed E-state index contributed by atoms with van der Waals surface area (Å²) < 4.78 is 0. The Labute approximate surface area is 58.7 Å². The molecule has 0 unspecified atom stereocenters. The van der Waals surface area contributed by atoms with Crippen LogP contribution in [0, 0.1) is 0 Å². The summed E-state index contributed by atoms with van der Waals surface area (Å²) >= 11 is 0. The lowest BCUT2D eigenvalue weighted by Crippen LogP contribution is -2.30. The van der Waals surface area contributed by atoms with Gasteiger partial charge >= 0.3 is 0 Å². The van der Waals surface area contributed by atoms with Crippen LogP contribution in [0.3, 0.4) is 0 Å². The molecule has 0 saturated heterocycles. The Morgan fingerprint density at radius 2 is 1.89 bits per heavy atom. The molecule has 1 aromatic rings. The summed E-state index contributed by atoms with van der Waals surface area (Å²) in [7, 11) is 12.3. The molecule has 0 aromatic heterocycles. The fraction of sp³-hybridized carbons (Fsp3) is 0. The van der Waals surface area contributed by atoms with Crippen molar-refractivity contribution in [1.29, 1.82) is 0 Å². The van der Waals surface area contributed by atoms with E-state index < -0.39 is 0 Å². The van der Waals surface area contributed by atoms with Gasteiger partial charge in [0.2, 0.25) is 0 Å². The van der Waals surface area contributed by atoms with Crippen LogP contribution in [-0.2, 0) is 0 Å². The van der Waals surface area contributed by atoms with Gasteiger partial charge in [0.1, 0.15) is 7.85 Å². The van der Waals surface area contributed by atoms with Gasteiger partial charge in [-0.2, -0.15) is 0 Å². The van der Waals surface area contributed by atoms with Gasteiger partial charge in [-0.3, -0.25) is 0 Å². The number of benzene rings is 1. The molecule has 0 bridgehead atoms. The number of hydrogen-bond donors (Lipinski definition) is 0. The maximum atomic E-state index is 5.52. The molecule has 0 atom stereocenters. The summed E-state index contributed by atoms with van der Waals surface area (Å²) in [6.45, 7) is 0. The minimum atomic E-state index is 0.722. The third-order valence-electron chi connectivity index (χ3n) is 1.18. The second-order valence-corrected chi connectivity index (χ2v) is 1.80. The van der Waals surface area contributed by atoms with Gasteiger partial charge in [0.15, 0.2) is 0 Å². The fourth-order valence-corrected chi connectivity index (χ4v) is 0.663. The smallest absolute Gasteiger partial charge is 0.105 e. The standard InChI is InChI=1S/C6H4B3/c7-5-3-1-2-4-6(5)9-8/h1-4H. The summed E-state index contributed by atoms with van der Waals surface area (Å²) in [5, 5.41) is 0. The zero-order valence-corrected chi connectivity index (χ0v) is 5.04. The molecule has 0 aliphatic carbocycles. The van der Waals surface area contributed by atoms with E-state index in [1.807, 2.05) is 24.3 Å². The van der Waals surface area contributed by atoms with Gasteiger partial charge in [0.05, 0.1) is 7.17 Å². The monoisotopic (exact) mass is 109 g/mol. The van der Waals surface area contributed by atoms with E-state index >= 15 is 0 Å². The first-order valence-corrected chi connectivity index (χ1v) is 2.74. The van der Waals surface area contributed by atoms with Crippen LogP contribution in [-0.4, -0.2) is 22.8 Å². The highest BCUT2D eigenvalue weighted by atomic mass is 13.8. The van der Waals surface area contributed by atoms with Crippen molar-refractivity contribution in [2.45, 2.75) is 0 Å². The quantitative estimate of drug-likeness (QED) is 0.401. The predicted octanol–water partition coefficient (Wildman–Crippen LogP) is -1.11. The van der Waals surface area contributed by atoms with Gasteiger partial charge in [-0.15, -0.1) is 10.9 Å². The second kappa shape index (κ2) is 2.81. The van der Waals surface area contributed by atoms with Crippen LogP contribution in [0.4, 0.5) is 0 Å². The van der Waals surface area contributed by atoms with Crippen LogP contribution < -0.4 is 10.9 Å². The molecule has 37 valence electrons. The molecule has 1 aromatic carbocycles. The van der Waals surface area contributed by atoms with Crippen molar-refractivity contribution in [3.05, 3.63) is 24.3 Å². The van der Waals surface area contributed by atoms with Crippen molar-refractivity contribution in [3.8, 4) is 0 Å². The highest BCUT2D eigenvalue weighted by molar-refractivity contribution is 6.99. The van der Waals surface area contributed by atoms with E-state index in [-0.39, 0.29) is 0 Å². The van der Waals surface area contributed by atoms with E-state index in [0.29, 0.717) is 0 Å². The molecule has 5 radical (unpaired) electrons. The molecule has 0 spiro atoms. The normalized spacial score (nSPS) is 8.89. The van der Waals surface area contributed by atoms with Gasteiger partial charge in [0, 0.05) is 7.74 Å². The maximum absolute atomic E-state index is 5.52. The van der Waals surface area contributed by atoms with E-state index in [0.717, 1.165) is 10.9 Å². The zero-order valence-electron chi connectivity index (χ0n) is 5.04. The minimum Gasteiger partial charge on any atom is -0.105 e. The Bertz CT molecular complexity index is 197. The van der Waals surface area contributed by atoms with Gasteiger partial charge in [-0.1, -0.05) is 24.3 Å². The molecule has 3 heteroatoms. The Hall–Kier alpha value is -0.585.